The van der Waals surface area contributed by atoms with Crippen molar-refractivity contribution < 1.29 is 22.7 Å². The highest BCUT2D eigenvalue weighted by Crippen LogP contribution is 2.31. The zero-order chi connectivity index (χ0) is 21.1. The fourth-order valence-electron chi connectivity index (χ4n) is 2.84. The highest BCUT2D eigenvalue weighted by molar-refractivity contribution is 7.92. The lowest BCUT2D eigenvalue weighted by atomic mass is 10.2. The van der Waals surface area contributed by atoms with Crippen LogP contribution >= 0.6 is 11.6 Å². The largest absolute Gasteiger partial charge is 0.485 e. The molecule has 3 aromatic rings. The van der Waals surface area contributed by atoms with Gasteiger partial charge in [-0.3, -0.25) is 9.52 Å². The average molecular weight is 445 g/mol. The summed E-state index contributed by atoms with van der Waals surface area (Å²) >= 11 is 6.01. The molecule has 4 rings (SSSR count). The highest BCUT2D eigenvalue weighted by Gasteiger charge is 2.27. The van der Waals surface area contributed by atoms with E-state index in [0.29, 0.717) is 22.2 Å². The number of amides is 1. The second-order valence-electron chi connectivity index (χ2n) is 6.46. The van der Waals surface area contributed by atoms with Crippen LogP contribution in [0.3, 0.4) is 0 Å². The molecule has 0 aliphatic carbocycles. The number of anilines is 2. The Hall–Kier alpha value is -3.23. The van der Waals surface area contributed by atoms with Crippen molar-refractivity contribution in [3.63, 3.8) is 0 Å². The number of ether oxygens (including phenoxy) is 2. The number of benzene rings is 3. The van der Waals surface area contributed by atoms with Gasteiger partial charge in [0.25, 0.3) is 15.9 Å². The van der Waals surface area contributed by atoms with Gasteiger partial charge in [-0.15, -0.1) is 0 Å². The Morgan fingerprint density at radius 3 is 2.33 bits per heavy atom. The molecule has 1 aliphatic rings. The molecule has 0 radical (unpaired) electrons. The minimum atomic E-state index is -3.83. The molecule has 2 N–H and O–H groups in total. The van der Waals surface area contributed by atoms with Crippen LogP contribution in [0, 0.1) is 0 Å². The number of nitrogens with one attached hydrogen (secondary N) is 2. The lowest BCUT2D eigenvalue weighted by Gasteiger charge is -2.25. The van der Waals surface area contributed by atoms with E-state index in [9.17, 15) is 13.2 Å². The Morgan fingerprint density at radius 1 is 0.933 bits per heavy atom. The van der Waals surface area contributed by atoms with Crippen LogP contribution in [0.5, 0.6) is 11.5 Å². The van der Waals surface area contributed by atoms with Crippen LogP contribution in [0.25, 0.3) is 0 Å². The maximum absolute atomic E-state index is 12.6. The van der Waals surface area contributed by atoms with Gasteiger partial charge in [-0.1, -0.05) is 35.9 Å². The summed E-state index contributed by atoms with van der Waals surface area (Å²) in [6, 6.07) is 19.4. The summed E-state index contributed by atoms with van der Waals surface area (Å²) < 4.78 is 38.8. The van der Waals surface area contributed by atoms with Gasteiger partial charge >= 0.3 is 0 Å². The van der Waals surface area contributed by atoms with Crippen LogP contribution in [0.1, 0.15) is 0 Å². The van der Waals surface area contributed by atoms with Crippen molar-refractivity contribution in [3.8, 4) is 11.5 Å². The van der Waals surface area contributed by atoms with Crippen LogP contribution in [-0.4, -0.2) is 27.0 Å². The molecule has 0 saturated carbocycles. The minimum absolute atomic E-state index is 0.0339. The van der Waals surface area contributed by atoms with Crippen LogP contribution in [0.4, 0.5) is 11.4 Å². The molecule has 1 unspecified atom stereocenters. The molecular formula is C21H17ClN2O5S. The number of fused-ring (bicyclic) bond motifs is 1. The van der Waals surface area contributed by atoms with Gasteiger partial charge in [-0.2, -0.15) is 0 Å². The van der Waals surface area contributed by atoms with Crippen molar-refractivity contribution in [3.05, 3.63) is 77.8 Å². The van der Waals surface area contributed by atoms with Crippen molar-refractivity contribution in [2.24, 2.45) is 0 Å². The fourth-order valence-corrected chi connectivity index (χ4v) is 4.16. The maximum Gasteiger partial charge on any atom is 0.269 e. The summed E-state index contributed by atoms with van der Waals surface area (Å²) in [5.74, 6) is 0.687. The molecule has 0 saturated heterocycles. The summed E-state index contributed by atoms with van der Waals surface area (Å²) in [4.78, 5) is 12.5. The zero-order valence-electron chi connectivity index (χ0n) is 15.5. The SMILES string of the molecule is O=C(Nc1ccc(S(=O)(=O)Nc2ccccc2Cl)cc1)C1COc2ccccc2O1. The zero-order valence-corrected chi connectivity index (χ0v) is 17.1. The molecule has 1 aliphatic heterocycles. The van der Waals surface area contributed by atoms with E-state index in [2.05, 4.69) is 10.0 Å². The van der Waals surface area contributed by atoms with Crippen LogP contribution < -0.4 is 19.5 Å². The van der Waals surface area contributed by atoms with E-state index >= 15 is 0 Å². The number of para-hydroxylation sites is 3. The summed E-state index contributed by atoms with van der Waals surface area (Å²) in [6.07, 6.45) is -0.815. The molecule has 0 spiro atoms. The lowest BCUT2D eigenvalue weighted by molar-refractivity contribution is -0.125. The Kier molecular flexibility index (Phi) is 5.52. The summed E-state index contributed by atoms with van der Waals surface area (Å²) in [6.45, 7) is 0.0804. The monoisotopic (exact) mass is 444 g/mol. The van der Waals surface area contributed by atoms with Crippen LogP contribution in [0.2, 0.25) is 5.02 Å². The fraction of sp³-hybridized carbons (Fsp3) is 0.0952. The molecule has 30 heavy (non-hydrogen) atoms. The topological polar surface area (TPSA) is 93.7 Å². The number of hydrogen-bond acceptors (Lipinski definition) is 5. The first-order valence-electron chi connectivity index (χ1n) is 8.99. The van der Waals surface area contributed by atoms with Gasteiger partial charge in [-0.25, -0.2) is 8.42 Å². The normalized spacial score (nSPS) is 15.3. The van der Waals surface area contributed by atoms with Crippen molar-refractivity contribution in [1.82, 2.24) is 0 Å². The number of hydrogen-bond donors (Lipinski definition) is 2. The lowest BCUT2D eigenvalue weighted by Crippen LogP contribution is -2.40. The third-order valence-electron chi connectivity index (χ3n) is 4.35. The van der Waals surface area contributed by atoms with E-state index in [4.69, 9.17) is 21.1 Å². The van der Waals surface area contributed by atoms with Gasteiger partial charge in [-0.05, 0) is 48.5 Å². The van der Waals surface area contributed by atoms with Crippen molar-refractivity contribution in [2.75, 3.05) is 16.6 Å². The summed E-state index contributed by atoms with van der Waals surface area (Å²) in [7, 11) is -3.83. The van der Waals surface area contributed by atoms with Crippen LogP contribution in [-0.2, 0) is 14.8 Å². The molecule has 7 nitrogen and oxygen atoms in total. The second-order valence-corrected chi connectivity index (χ2v) is 8.55. The Morgan fingerprint density at radius 2 is 1.60 bits per heavy atom. The number of sulfonamides is 1. The number of rotatable bonds is 5. The first-order chi connectivity index (χ1) is 14.4. The Balaban J connectivity index is 1.42. The van der Waals surface area contributed by atoms with Crippen molar-refractivity contribution in [2.45, 2.75) is 11.0 Å². The van der Waals surface area contributed by atoms with E-state index in [1.54, 1.807) is 42.5 Å². The molecule has 0 bridgehead atoms. The number of halogens is 1. The van der Waals surface area contributed by atoms with E-state index in [0.717, 1.165) is 0 Å². The highest BCUT2D eigenvalue weighted by atomic mass is 35.5. The third kappa shape index (κ3) is 4.34. The smallest absolute Gasteiger partial charge is 0.269 e. The van der Waals surface area contributed by atoms with Gasteiger partial charge in [0.05, 0.1) is 15.6 Å². The molecule has 154 valence electrons. The molecule has 1 atom stereocenters. The van der Waals surface area contributed by atoms with Crippen molar-refractivity contribution >= 4 is 38.9 Å². The minimum Gasteiger partial charge on any atom is -0.485 e. The van der Waals surface area contributed by atoms with Gasteiger partial charge in [0.15, 0.2) is 11.5 Å². The number of carbonyl (C=O) groups is 1. The molecule has 3 aromatic carbocycles. The average Bonchev–Trinajstić information content (AvgIpc) is 2.75. The predicted octanol–water partition coefficient (Wildman–Crippen LogP) is 3.92. The van der Waals surface area contributed by atoms with Gasteiger partial charge in [0.2, 0.25) is 6.10 Å². The van der Waals surface area contributed by atoms with E-state index in [1.807, 2.05) is 6.07 Å². The van der Waals surface area contributed by atoms with Gasteiger partial charge in [0, 0.05) is 5.69 Å². The standard InChI is InChI=1S/C21H17ClN2O5S/c22-16-5-1-2-6-17(16)24-30(26,27)15-11-9-14(10-12-15)23-21(25)20-13-28-18-7-3-4-8-19(18)29-20/h1-12,20,24H,13H2,(H,23,25). The second kappa shape index (κ2) is 8.25. The van der Waals surface area contributed by atoms with E-state index < -0.39 is 22.0 Å². The Bertz CT molecular complexity index is 1180. The predicted molar refractivity (Wildman–Crippen MR) is 114 cm³/mol. The quantitative estimate of drug-likeness (QED) is 0.622. The summed E-state index contributed by atoms with van der Waals surface area (Å²) in [5, 5.41) is 2.99. The molecule has 9 heteroatoms. The summed E-state index contributed by atoms with van der Waals surface area (Å²) in [5.41, 5.74) is 0.713. The molecular weight excluding hydrogens is 428 g/mol. The number of carbonyl (C=O) groups excluding carboxylic acids is 1. The molecule has 0 aromatic heterocycles. The molecule has 1 heterocycles. The Labute approximate surface area is 178 Å². The van der Waals surface area contributed by atoms with Gasteiger partial charge < -0.3 is 14.8 Å². The van der Waals surface area contributed by atoms with Gasteiger partial charge in [0.1, 0.15) is 6.61 Å². The molecule has 1 amide bonds. The first kappa shape index (κ1) is 20.1. The van der Waals surface area contributed by atoms with Crippen molar-refractivity contribution in [1.29, 1.82) is 0 Å². The van der Waals surface area contributed by atoms with E-state index in [1.165, 1.54) is 24.3 Å². The third-order valence-corrected chi connectivity index (χ3v) is 6.06. The van der Waals surface area contributed by atoms with E-state index in [-0.39, 0.29) is 17.2 Å². The first-order valence-corrected chi connectivity index (χ1v) is 10.9. The van der Waals surface area contributed by atoms with Crippen LogP contribution in [0.15, 0.2) is 77.7 Å². The molecule has 0 fully saturated rings. The maximum atomic E-state index is 12.6.